The normalized spacial score (nSPS) is 40.4. The molecule has 0 saturated heterocycles. The van der Waals surface area contributed by atoms with Crippen LogP contribution in [0.25, 0.3) is 0 Å². The van der Waals surface area contributed by atoms with Crippen LogP contribution >= 0.6 is 0 Å². The first-order valence-electron chi connectivity index (χ1n) is 9.49. The van der Waals surface area contributed by atoms with Crippen molar-refractivity contribution in [3.63, 3.8) is 0 Å². The van der Waals surface area contributed by atoms with E-state index in [-0.39, 0.29) is 11.5 Å². The minimum atomic E-state index is -0.100. The first kappa shape index (κ1) is 16.2. The number of allylic oxidation sites excluding steroid dienone is 1. The van der Waals surface area contributed by atoms with Gasteiger partial charge >= 0.3 is 0 Å². The molecule has 2 nitrogen and oxygen atoms in total. The Morgan fingerprint density at radius 1 is 1.33 bits per heavy atom. The van der Waals surface area contributed by atoms with Gasteiger partial charge in [-0.05, 0) is 85.5 Å². The molecule has 0 unspecified atom stereocenters. The van der Waals surface area contributed by atoms with Gasteiger partial charge in [0.25, 0.3) is 0 Å². The summed E-state index contributed by atoms with van der Waals surface area (Å²) in [5, 5.41) is 10.4. The third-order valence-corrected chi connectivity index (χ3v) is 7.54. The summed E-state index contributed by atoms with van der Waals surface area (Å²) < 4.78 is 5.46. The molecule has 24 heavy (non-hydrogen) atoms. The van der Waals surface area contributed by atoms with Crippen molar-refractivity contribution in [1.82, 2.24) is 0 Å². The highest BCUT2D eigenvalue weighted by Crippen LogP contribution is 2.64. The standard InChI is InChI=1S/C22H30O2/c1-4-9-22-11-10-21(2)14-16(23)13-20(21)19(22)7-5-15-12-17(24-3)6-8-18(15)22/h4,6,8,12,16,19-20,23H,1,5,7,9-11,13-14H2,2-3H3/t16-,19+,20+,21-,22-/m1/s1. The van der Waals surface area contributed by atoms with Gasteiger partial charge in [-0.1, -0.05) is 19.1 Å². The van der Waals surface area contributed by atoms with E-state index >= 15 is 0 Å². The predicted molar refractivity (Wildman–Crippen MR) is 97.4 cm³/mol. The molecule has 2 saturated carbocycles. The molecule has 0 heterocycles. The van der Waals surface area contributed by atoms with Crippen LogP contribution in [0.1, 0.15) is 56.6 Å². The van der Waals surface area contributed by atoms with Crippen LogP contribution in [0.5, 0.6) is 5.75 Å². The molecule has 0 aliphatic heterocycles. The lowest BCUT2D eigenvalue weighted by Crippen LogP contribution is -2.50. The van der Waals surface area contributed by atoms with E-state index in [1.54, 1.807) is 7.11 Å². The third-order valence-electron chi connectivity index (χ3n) is 7.54. The third kappa shape index (κ3) is 2.19. The molecule has 3 aliphatic carbocycles. The van der Waals surface area contributed by atoms with E-state index in [0.29, 0.717) is 17.3 Å². The summed E-state index contributed by atoms with van der Waals surface area (Å²) >= 11 is 0. The summed E-state index contributed by atoms with van der Waals surface area (Å²) in [6.07, 6.45) is 9.89. The number of hydrogen-bond acceptors (Lipinski definition) is 2. The number of ether oxygens (including phenoxy) is 1. The summed E-state index contributed by atoms with van der Waals surface area (Å²) in [6.45, 7) is 6.52. The topological polar surface area (TPSA) is 29.5 Å². The highest BCUT2D eigenvalue weighted by atomic mass is 16.5. The molecular weight excluding hydrogens is 296 g/mol. The highest BCUT2D eigenvalue weighted by Gasteiger charge is 2.58. The lowest BCUT2D eigenvalue weighted by Gasteiger charge is -2.56. The molecule has 0 aromatic heterocycles. The molecule has 2 heteroatoms. The van der Waals surface area contributed by atoms with E-state index in [0.717, 1.165) is 31.4 Å². The van der Waals surface area contributed by atoms with Gasteiger partial charge in [-0.15, -0.1) is 6.58 Å². The van der Waals surface area contributed by atoms with Crippen molar-refractivity contribution in [2.24, 2.45) is 17.3 Å². The minimum Gasteiger partial charge on any atom is -0.497 e. The molecule has 0 amide bonds. The van der Waals surface area contributed by atoms with Gasteiger partial charge in [0.05, 0.1) is 13.2 Å². The molecule has 0 radical (unpaired) electrons. The van der Waals surface area contributed by atoms with Crippen LogP contribution in [-0.4, -0.2) is 18.3 Å². The van der Waals surface area contributed by atoms with E-state index in [2.05, 4.69) is 37.8 Å². The van der Waals surface area contributed by atoms with Gasteiger partial charge in [0.1, 0.15) is 5.75 Å². The first-order chi connectivity index (χ1) is 11.5. The maximum Gasteiger partial charge on any atom is 0.119 e. The van der Waals surface area contributed by atoms with Crippen molar-refractivity contribution in [2.75, 3.05) is 7.11 Å². The largest absolute Gasteiger partial charge is 0.497 e. The van der Waals surface area contributed by atoms with Crippen molar-refractivity contribution in [3.8, 4) is 5.75 Å². The number of fused-ring (bicyclic) bond motifs is 5. The van der Waals surface area contributed by atoms with Crippen molar-refractivity contribution >= 4 is 0 Å². The van der Waals surface area contributed by atoms with Gasteiger partial charge in [-0.3, -0.25) is 0 Å². The van der Waals surface area contributed by atoms with Crippen LogP contribution in [-0.2, 0) is 11.8 Å². The summed E-state index contributed by atoms with van der Waals surface area (Å²) in [5.41, 5.74) is 3.55. The summed E-state index contributed by atoms with van der Waals surface area (Å²) in [5.74, 6) is 2.29. The van der Waals surface area contributed by atoms with Gasteiger partial charge < -0.3 is 9.84 Å². The molecule has 1 aromatic carbocycles. The summed E-state index contributed by atoms with van der Waals surface area (Å²) in [4.78, 5) is 0. The van der Waals surface area contributed by atoms with Crippen LogP contribution in [0.3, 0.4) is 0 Å². The zero-order valence-corrected chi connectivity index (χ0v) is 15.1. The van der Waals surface area contributed by atoms with Gasteiger partial charge in [-0.25, -0.2) is 0 Å². The van der Waals surface area contributed by atoms with Crippen molar-refractivity contribution < 1.29 is 9.84 Å². The molecule has 2 fully saturated rings. The Morgan fingerprint density at radius 3 is 2.92 bits per heavy atom. The Kier molecular flexibility index (Phi) is 3.80. The van der Waals surface area contributed by atoms with Crippen LogP contribution in [0.15, 0.2) is 30.9 Å². The molecule has 0 spiro atoms. The van der Waals surface area contributed by atoms with Crippen molar-refractivity contribution in [1.29, 1.82) is 0 Å². The van der Waals surface area contributed by atoms with Crippen molar-refractivity contribution in [3.05, 3.63) is 42.0 Å². The Bertz CT molecular complexity index is 651. The Labute approximate surface area is 145 Å². The Hall–Kier alpha value is -1.28. The van der Waals surface area contributed by atoms with E-state index in [4.69, 9.17) is 4.74 Å². The van der Waals surface area contributed by atoms with Crippen LogP contribution < -0.4 is 4.74 Å². The summed E-state index contributed by atoms with van der Waals surface area (Å²) in [7, 11) is 1.75. The number of hydrogen-bond donors (Lipinski definition) is 1. The van der Waals surface area contributed by atoms with Crippen LogP contribution in [0.4, 0.5) is 0 Å². The molecule has 130 valence electrons. The number of aliphatic hydroxyl groups is 1. The second-order valence-corrected chi connectivity index (χ2v) is 8.67. The number of benzene rings is 1. The quantitative estimate of drug-likeness (QED) is 0.820. The second-order valence-electron chi connectivity index (χ2n) is 8.67. The van der Waals surface area contributed by atoms with Gasteiger partial charge in [0.2, 0.25) is 0 Å². The average Bonchev–Trinajstić information content (AvgIpc) is 2.88. The number of aliphatic hydroxyl groups excluding tert-OH is 1. The van der Waals surface area contributed by atoms with Crippen LogP contribution in [0, 0.1) is 17.3 Å². The second kappa shape index (κ2) is 5.62. The molecule has 4 rings (SSSR count). The molecule has 1 aromatic rings. The zero-order valence-electron chi connectivity index (χ0n) is 15.1. The molecule has 1 N–H and O–H groups in total. The van der Waals surface area contributed by atoms with E-state index in [1.165, 1.54) is 30.4 Å². The van der Waals surface area contributed by atoms with Crippen LogP contribution in [0.2, 0.25) is 0 Å². The lowest BCUT2D eigenvalue weighted by atomic mass is 9.48. The maximum absolute atomic E-state index is 10.4. The minimum absolute atomic E-state index is 0.100. The number of aryl methyl sites for hydroxylation is 1. The Morgan fingerprint density at radius 2 is 2.17 bits per heavy atom. The fourth-order valence-corrected chi connectivity index (χ4v) is 6.50. The van der Waals surface area contributed by atoms with E-state index in [1.807, 2.05) is 0 Å². The number of rotatable bonds is 3. The smallest absolute Gasteiger partial charge is 0.119 e. The van der Waals surface area contributed by atoms with Gasteiger partial charge in [0.15, 0.2) is 0 Å². The summed E-state index contributed by atoms with van der Waals surface area (Å²) in [6, 6.07) is 6.69. The molecule has 5 atom stereocenters. The SMILES string of the molecule is C=CC[C@]12CC[C@]3(C)C[C@H](O)C[C@H]3[C@@H]1CCc1cc(OC)ccc12. The van der Waals surface area contributed by atoms with Gasteiger partial charge in [-0.2, -0.15) is 0 Å². The fraction of sp³-hybridized carbons (Fsp3) is 0.636. The van der Waals surface area contributed by atoms with E-state index < -0.39 is 0 Å². The Balaban J connectivity index is 1.80. The maximum atomic E-state index is 10.4. The fourth-order valence-electron chi connectivity index (χ4n) is 6.50. The van der Waals surface area contributed by atoms with Crippen molar-refractivity contribution in [2.45, 2.75) is 63.4 Å². The lowest BCUT2D eigenvalue weighted by molar-refractivity contribution is 0.00644. The first-order valence-corrected chi connectivity index (χ1v) is 9.49. The molecular formula is C22H30O2. The highest BCUT2D eigenvalue weighted by molar-refractivity contribution is 5.44. The van der Waals surface area contributed by atoms with Gasteiger partial charge in [0, 0.05) is 5.41 Å². The predicted octanol–water partition coefficient (Wildman–Crippen LogP) is 4.64. The zero-order chi connectivity index (χ0) is 16.9. The average molecular weight is 326 g/mol. The monoisotopic (exact) mass is 326 g/mol. The van der Waals surface area contributed by atoms with E-state index in [9.17, 15) is 5.11 Å². The molecule has 3 aliphatic rings. The number of methoxy groups -OCH3 is 1. The molecule has 0 bridgehead atoms.